The molecule has 2 aromatic rings. The minimum Gasteiger partial charge on any atom is -0.504 e. The highest BCUT2D eigenvalue weighted by Gasteiger charge is 2.47. The Morgan fingerprint density at radius 1 is 0.933 bits per heavy atom. The van der Waals surface area contributed by atoms with E-state index >= 15 is 0 Å². The number of hydrogen-bond donors (Lipinski definition) is 5. The first-order valence-electron chi connectivity index (χ1n) is 14.6. The van der Waals surface area contributed by atoms with Gasteiger partial charge in [-0.2, -0.15) is 0 Å². The largest absolute Gasteiger partial charge is 0.504 e. The maximum Gasteiger partial charge on any atom is 0.337 e. The summed E-state index contributed by atoms with van der Waals surface area (Å²) in [6, 6.07) is 12.0. The Bertz CT molecular complexity index is 1420. The maximum atomic E-state index is 13.3. The molecule has 2 aromatic carbocycles. The van der Waals surface area contributed by atoms with Crippen LogP contribution in [0.25, 0.3) is 0 Å². The number of hydrogen-bond acceptors (Lipinski definition) is 13. The number of ether oxygens (including phenoxy) is 6. The number of allylic oxidation sites excluding steroid dienone is 1. The lowest BCUT2D eigenvalue weighted by Crippen LogP contribution is -2.60. The summed E-state index contributed by atoms with van der Waals surface area (Å²) < 4.78 is 33.9. The molecule has 4 aliphatic heterocycles. The average Bonchev–Trinajstić information content (AvgIpc) is 3.03. The summed E-state index contributed by atoms with van der Waals surface area (Å²) in [5, 5.41) is 50.6. The van der Waals surface area contributed by atoms with E-state index in [1.165, 1.54) is 6.07 Å². The van der Waals surface area contributed by atoms with Gasteiger partial charge in [0.2, 0.25) is 6.29 Å². The van der Waals surface area contributed by atoms with Gasteiger partial charge in [-0.15, -0.1) is 0 Å². The molecule has 4 aliphatic rings. The van der Waals surface area contributed by atoms with E-state index in [2.05, 4.69) is 0 Å². The van der Waals surface area contributed by atoms with Gasteiger partial charge >= 0.3 is 11.9 Å². The van der Waals surface area contributed by atoms with Gasteiger partial charge in [0, 0.05) is 24.3 Å². The van der Waals surface area contributed by atoms with Crippen LogP contribution in [0.15, 0.2) is 65.9 Å². The number of phenols is 1. The van der Waals surface area contributed by atoms with Crippen LogP contribution in [0.5, 0.6) is 17.2 Å². The van der Waals surface area contributed by atoms with Crippen LogP contribution in [0, 0.1) is 5.92 Å². The number of fused-ring (bicyclic) bond motifs is 9. The molecular weight excluding hydrogens is 592 g/mol. The van der Waals surface area contributed by atoms with Crippen molar-refractivity contribution in [3.8, 4) is 17.2 Å². The van der Waals surface area contributed by atoms with Crippen molar-refractivity contribution < 1.29 is 63.5 Å². The summed E-state index contributed by atoms with van der Waals surface area (Å²) in [5.41, 5.74) is 1.98. The van der Waals surface area contributed by atoms with Crippen LogP contribution in [-0.2, 0) is 46.1 Å². The predicted molar refractivity (Wildman–Crippen MR) is 154 cm³/mol. The van der Waals surface area contributed by atoms with Gasteiger partial charge in [-0.05, 0) is 42.3 Å². The Morgan fingerprint density at radius 3 is 2.38 bits per heavy atom. The molecule has 0 radical (unpaired) electrons. The molecule has 1 saturated heterocycles. The molecule has 0 saturated carbocycles. The number of phenolic OH excluding ortho intramolecular Hbond substituents is 1. The van der Waals surface area contributed by atoms with Crippen molar-refractivity contribution in [1.29, 1.82) is 0 Å². The van der Waals surface area contributed by atoms with Crippen LogP contribution in [0.3, 0.4) is 0 Å². The minimum absolute atomic E-state index is 0.000427. The lowest BCUT2D eigenvalue weighted by atomic mass is 9.86. The number of aliphatic hydroxyl groups excluding tert-OH is 4. The van der Waals surface area contributed by atoms with Gasteiger partial charge in [0.1, 0.15) is 30.2 Å². The second-order valence-corrected chi connectivity index (χ2v) is 10.8. The highest BCUT2D eigenvalue weighted by atomic mass is 16.8. The molecule has 242 valence electrons. The topological polar surface area (TPSA) is 191 Å². The van der Waals surface area contributed by atoms with Crippen molar-refractivity contribution in [3.63, 3.8) is 0 Å². The molecule has 6 rings (SSSR count). The predicted octanol–water partition coefficient (Wildman–Crippen LogP) is 1.38. The summed E-state index contributed by atoms with van der Waals surface area (Å²) in [6.45, 7) is 1.01. The fourth-order valence-corrected chi connectivity index (χ4v) is 5.31. The van der Waals surface area contributed by atoms with Gasteiger partial charge in [0.25, 0.3) is 0 Å². The van der Waals surface area contributed by atoms with E-state index in [1.54, 1.807) is 37.3 Å². The maximum absolute atomic E-state index is 13.3. The molecule has 7 atom stereocenters. The van der Waals surface area contributed by atoms with Crippen molar-refractivity contribution in [2.45, 2.75) is 63.2 Å². The van der Waals surface area contributed by atoms with E-state index in [9.17, 15) is 35.1 Å². The molecule has 0 aromatic heterocycles. The van der Waals surface area contributed by atoms with Gasteiger partial charge in [-0.25, -0.2) is 4.79 Å². The van der Waals surface area contributed by atoms with Crippen LogP contribution in [0.1, 0.15) is 24.5 Å². The van der Waals surface area contributed by atoms with E-state index < -0.39 is 61.5 Å². The van der Waals surface area contributed by atoms with Crippen molar-refractivity contribution in [3.05, 3.63) is 77.1 Å². The SMILES string of the molecule is CC=C1C(OC2OC(CO)C(O)C(O)C2O)OC=C2C(=O)OCCc3ccc(cc3)Oc3cc(ccc3O)CCOC(=O)C[C@H]21. The first-order chi connectivity index (χ1) is 21.7. The molecule has 13 heteroatoms. The molecule has 4 bridgehead atoms. The molecular formula is C32H36O13. The number of carbonyl (C=O) groups is 2. The molecule has 0 aliphatic carbocycles. The van der Waals surface area contributed by atoms with Crippen LogP contribution in [0.2, 0.25) is 0 Å². The molecule has 0 amide bonds. The molecule has 4 heterocycles. The zero-order chi connectivity index (χ0) is 32.1. The van der Waals surface area contributed by atoms with Crippen LogP contribution < -0.4 is 4.74 Å². The third-order valence-corrected chi connectivity index (χ3v) is 7.87. The quantitative estimate of drug-likeness (QED) is 0.242. The second-order valence-electron chi connectivity index (χ2n) is 10.8. The van der Waals surface area contributed by atoms with Gasteiger partial charge in [0.15, 0.2) is 17.8 Å². The van der Waals surface area contributed by atoms with Gasteiger partial charge in [0.05, 0.1) is 38.1 Å². The average molecular weight is 629 g/mol. The van der Waals surface area contributed by atoms with Crippen molar-refractivity contribution >= 4 is 11.9 Å². The number of benzene rings is 2. The highest BCUT2D eigenvalue weighted by molar-refractivity contribution is 5.91. The van der Waals surface area contributed by atoms with Crippen molar-refractivity contribution in [2.24, 2.45) is 5.92 Å². The van der Waals surface area contributed by atoms with E-state index in [0.717, 1.165) is 17.4 Å². The Kier molecular flexibility index (Phi) is 10.4. The molecule has 1 fully saturated rings. The van der Waals surface area contributed by atoms with Crippen LogP contribution in [-0.4, -0.2) is 94.3 Å². The number of carbonyl (C=O) groups excluding carboxylic acids is 2. The van der Waals surface area contributed by atoms with Crippen molar-refractivity contribution in [1.82, 2.24) is 0 Å². The molecule has 5 N–H and O–H groups in total. The van der Waals surface area contributed by atoms with Crippen molar-refractivity contribution in [2.75, 3.05) is 19.8 Å². The zero-order valence-corrected chi connectivity index (χ0v) is 24.5. The molecule has 45 heavy (non-hydrogen) atoms. The lowest BCUT2D eigenvalue weighted by molar-refractivity contribution is -0.327. The summed E-state index contributed by atoms with van der Waals surface area (Å²) in [5.74, 6) is -1.55. The lowest BCUT2D eigenvalue weighted by Gasteiger charge is -2.42. The van der Waals surface area contributed by atoms with E-state index in [-0.39, 0.29) is 36.7 Å². The third-order valence-electron chi connectivity index (χ3n) is 7.87. The summed E-state index contributed by atoms with van der Waals surface area (Å²) in [6.07, 6.45) is -5.85. The van der Waals surface area contributed by atoms with Gasteiger partial charge in [-0.3, -0.25) is 4.79 Å². The molecule has 6 unspecified atom stereocenters. The smallest absolute Gasteiger partial charge is 0.337 e. The Balaban J connectivity index is 1.38. The van der Waals surface area contributed by atoms with E-state index in [0.29, 0.717) is 24.2 Å². The fourth-order valence-electron chi connectivity index (χ4n) is 5.31. The molecule has 13 nitrogen and oxygen atoms in total. The second kappa shape index (κ2) is 14.4. The summed E-state index contributed by atoms with van der Waals surface area (Å²) >= 11 is 0. The third kappa shape index (κ3) is 7.47. The Labute approximate surface area is 258 Å². The number of rotatable bonds is 3. The summed E-state index contributed by atoms with van der Waals surface area (Å²) in [7, 11) is 0. The fraction of sp³-hybridized carbons (Fsp3) is 0.438. The minimum atomic E-state index is -1.70. The van der Waals surface area contributed by atoms with Crippen LogP contribution >= 0.6 is 0 Å². The normalized spacial score (nSPS) is 30.4. The number of aromatic hydroxyl groups is 1. The number of esters is 2. The highest BCUT2D eigenvalue weighted by Crippen LogP contribution is 2.37. The Morgan fingerprint density at radius 2 is 1.64 bits per heavy atom. The first kappa shape index (κ1) is 32.4. The molecule has 0 spiro atoms. The van der Waals surface area contributed by atoms with Gasteiger partial charge in [-0.1, -0.05) is 24.3 Å². The number of aliphatic hydroxyl groups is 4. The van der Waals surface area contributed by atoms with E-state index in [1.807, 2.05) is 12.1 Å². The standard InChI is InChI=1S/C32H36O13/c1-2-20-21-14-26(35)40-11-10-18-5-8-23(34)24(13-18)43-19-6-3-17(4-7-19)9-12-41-30(39)22(21)16-42-31(20)45-32-29(38)28(37)27(36)25(15-33)44-32/h2-8,13,16,21,25,27-29,31-34,36-38H,9-12,14-15H2,1H3/t21-,25?,27?,28?,29?,31?,32?/m0/s1. The van der Waals surface area contributed by atoms with Gasteiger partial charge < -0.3 is 54.0 Å². The van der Waals surface area contributed by atoms with E-state index in [4.69, 9.17) is 28.4 Å². The monoisotopic (exact) mass is 628 g/mol. The summed E-state index contributed by atoms with van der Waals surface area (Å²) in [4.78, 5) is 26.3. The first-order valence-corrected chi connectivity index (χ1v) is 14.6. The van der Waals surface area contributed by atoms with Crippen LogP contribution in [0.4, 0.5) is 0 Å². The zero-order valence-electron chi connectivity index (χ0n) is 24.5. The Hall–Kier alpha value is -3.98.